The third kappa shape index (κ3) is 6.50. The van der Waals surface area contributed by atoms with Crippen LogP contribution in [0.1, 0.15) is 48.5 Å². The molecule has 1 N–H and O–H groups in total. The molecule has 0 aliphatic heterocycles. The van der Waals surface area contributed by atoms with Crippen LogP contribution in [0, 0.1) is 5.41 Å². The topological polar surface area (TPSA) is 38.3 Å². The van der Waals surface area contributed by atoms with Crippen molar-refractivity contribution in [3.8, 4) is 0 Å². The Hall–Kier alpha value is -0.570. The zero-order chi connectivity index (χ0) is 12.3. The fraction of sp³-hybridized carbons (Fsp3) is 0.917. The second kappa shape index (κ2) is 4.97. The van der Waals surface area contributed by atoms with Crippen molar-refractivity contribution in [2.45, 2.75) is 60.1 Å². The summed E-state index contributed by atoms with van der Waals surface area (Å²) in [6, 6.07) is 0.381. The van der Waals surface area contributed by atoms with Crippen LogP contribution in [-0.4, -0.2) is 24.2 Å². The molecule has 0 spiro atoms. The van der Waals surface area contributed by atoms with Gasteiger partial charge in [-0.05, 0) is 34.6 Å². The number of ether oxygens (including phenoxy) is 1. The van der Waals surface area contributed by atoms with Gasteiger partial charge in [-0.2, -0.15) is 0 Å². The largest absolute Gasteiger partial charge is 0.460 e. The molecule has 0 radical (unpaired) electrons. The molecule has 3 nitrogen and oxygen atoms in total. The number of hydrogen-bond acceptors (Lipinski definition) is 3. The number of rotatable bonds is 4. The van der Waals surface area contributed by atoms with Crippen LogP contribution in [0.25, 0.3) is 0 Å². The van der Waals surface area contributed by atoms with Gasteiger partial charge in [0.15, 0.2) is 0 Å². The number of carbonyl (C=O) groups excluding carboxylic acids is 1. The van der Waals surface area contributed by atoms with E-state index >= 15 is 0 Å². The van der Waals surface area contributed by atoms with Gasteiger partial charge in [-0.1, -0.05) is 13.8 Å². The van der Waals surface area contributed by atoms with E-state index in [4.69, 9.17) is 4.74 Å². The minimum absolute atomic E-state index is 0.150. The fourth-order valence-electron chi connectivity index (χ4n) is 0.948. The van der Waals surface area contributed by atoms with Crippen molar-refractivity contribution in [3.05, 3.63) is 0 Å². The summed E-state index contributed by atoms with van der Waals surface area (Å²) >= 11 is 0. The fourth-order valence-corrected chi connectivity index (χ4v) is 0.948. The lowest BCUT2D eigenvalue weighted by atomic mass is 9.93. The molecule has 0 aromatic heterocycles. The van der Waals surface area contributed by atoms with Gasteiger partial charge in [-0.15, -0.1) is 0 Å². The van der Waals surface area contributed by atoms with Gasteiger partial charge in [0.2, 0.25) is 0 Å². The molecular weight excluding hydrogens is 190 g/mol. The molecule has 0 rings (SSSR count). The van der Waals surface area contributed by atoms with E-state index in [0.29, 0.717) is 12.6 Å². The molecule has 0 aromatic rings. The summed E-state index contributed by atoms with van der Waals surface area (Å²) < 4.78 is 5.36. The molecule has 3 heteroatoms. The van der Waals surface area contributed by atoms with Crippen molar-refractivity contribution in [1.82, 2.24) is 5.32 Å². The van der Waals surface area contributed by atoms with Gasteiger partial charge in [-0.25, -0.2) is 0 Å². The van der Waals surface area contributed by atoms with Crippen LogP contribution in [0.3, 0.4) is 0 Å². The normalized spacial score (nSPS) is 13.1. The van der Waals surface area contributed by atoms with E-state index in [2.05, 4.69) is 19.2 Å². The standard InChI is InChI=1S/C12H25NO2/c1-9(2)13-8-12(6,7)10(14)15-11(3,4)5/h9,13H,8H2,1-7H3. The Kier molecular flexibility index (Phi) is 4.78. The molecule has 0 aliphatic rings. The Morgan fingerprint density at radius 1 is 1.20 bits per heavy atom. The van der Waals surface area contributed by atoms with Gasteiger partial charge in [-0.3, -0.25) is 4.79 Å². The van der Waals surface area contributed by atoms with E-state index in [1.807, 2.05) is 34.6 Å². The SMILES string of the molecule is CC(C)NCC(C)(C)C(=O)OC(C)(C)C. The van der Waals surface area contributed by atoms with Gasteiger partial charge >= 0.3 is 5.97 Å². The number of esters is 1. The Balaban J connectivity index is 4.26. The van der Waals surface area contributed by atoms with Crippen LogP contribution in [0.2, 0.25) is 0 Å². The average molecular weight is 215 g/mol. The predicted octanol–water partition coefficient (Wildman–Crippen LogP) is 2.35. The lowest BCUT2D eigenvalue weighted by Gasteiger charge is -2.29. The molecule has 0 aromatic carbocycles. The zero-order valence-electron chi connectivity index (χ0n) is 11.1. The third-order valence-corrected chi connectivity index (χ3v) is 1.90. The summed E-state index contributed by atoms with van der Waals surface area (Å²) in [5.74, 6) is -0.150. The first kappa shape index (κ1) is 14.4. The second-order valence-electron chi connectivity index (χ2n) is 5.92. The first-order valence-corrected chi connectivity index (χ1v) is 5.51. The maximum absolute atomic E-state index is 11.8. The highest BCUT2D eigenvalue weighted by Gasteiger charge is 2.32. The maximum Gasteiger partial charge on any atom is 0.313 e. The quantitative estimate of drug-likeness (QED) is 0.732. The summed E-state index contributed by atoms with van der Waals surface area (Å²) in [4.78, 5) is 11.8. The minimum atomic E-state index is -0.475. The van der Waals surface area contributed by atoms with E-state index in [1.165, 1.54) is 0 Å². The third-order valence-electron chi connectivity index (χ3n) is 1.90. The van der Waals surface area contributed by atoms with Crippen LogP contribution >= 0.6 is 0 Å². The summed E-state index contributed by atoms with van der Waals surface area (Å²) in [5, 5.41) is 3.25. The Morgan fingerprint density at radius 3 is 2.00 bits per heavy atom. The number of hydrogen-bond donors (Lipinski definition) is 1. The first-order valence-electron chi connectivity index (χ1n) is 5.51. The van der Waals surface area contributed by atoms with E-state index in [0.717, 1.165) is 0 Å². The van der Waals surface area contributed by atoms with Crippen LogP contribution in [-0.2, 0) is 9.53 Å². The second-order valence-corrected chi connectivity index (χ2v) is 5.92. The molecule has 0 bridgehead atoms. The van der Waals surface area contributed by atoms with Crippen LogP contribution in [0.15, 0.2) is 0 Å². The zero-order valence-corrected chi connectivity index (χ0v) is 11.1. The number of nitrogens with one attached hydrogen (secondary N) is 1. The van der Waals surface area contributed by atoms with E-state index < -0.39 is 11.0 Å². The van der Waals surface area contributed by atoms with E-state index in [1.54, 1.807) is 0 Å². The van der Waals surface area contributed by atoms with Gasteiger partial charge in [0.1, 0.15) is 5.60 Å². The molecule has 0 saturated heterocycles. The molecule has 15 heavy (non-hydrogen) atoms. The highest BCUT2D eigenvalue weighted by Crippen LogP contribution is 2.20. The predicted molar refractivity (Wildman–Crippen MR) is 62.8 cm³/mol. The summed E-state index contributed by atoms with van der Waals surface area (Å²) in [7, 11) is 0. The van der Waals surface area contributed by atoms with E-state index in [-0.39, 0.29) is 5.97 Å². The van der Waals surface area contributed by atoms with Gasteiger partial charge < -0.3 is 10.1 Å². The van der Waals surface area contributed by atoms with E-state index in [9.17, 15) is 4.79 Å². The molecule has 0 unspecified atom stereocenters. The van der Waals surface area contributed by atoms with Crippen molar-refractivity contribution in [2.24, 2.45) is 5.41 Å². The maximum atomic E-state index is 11.8. The van der Waals surface area contributed by atoms with Crippen molar-refractivity contribution < 1.29 is 9.53 Å². The average Bonchev–Trinajstić information content (AvgIpc) is 1.97. The van der Waals surface area contributed by atoms with Gasteiger partial charge in [0.05, 0.1) is 5.41 Å². The van der Waals surface area contributed by atoms with Crippen LogP contribution in [0.4, 0.5) is 0 Å². The van der Waals surface area contributed by atoms with Crippen molar-refractivity contribution in [1.29, 1.82) is 0 Å². The highest BCUT2D eigenvalue weighted by atomic mass is 16.6. The molecular formula is C12H25NO2. The summed E-state index contributed by atoms with van der Waals surface area (Å²) in [6.45, 7) is 14.2. The lowest BCUT2D eigenvalue weighted by molar-refractivity contribution is -0.165. The summed E-state index contributed by atoms with van der Waals surface area (Å²) in [6.07, 6.45) is 0. The van der Waals surface area contributed by atoms with Crippen LogP contribution < -0.4 is 5.32 Å². The molecule has 0 amide bonds. The Morgan fingerprint density at radius 2 is 1.67 bits per heavy atom. The smallest absolute Gasteiger partial charge is 0.313 e. The van der Waals surface area contributed by atoms with Crippen molar-refractivity contribution in [3.63, 3.8) is 0 Å². The summed E-state index contributed by atoms with van der Waals surface area (Å²) in [5.41, 5.74) is -0.885. The van der Waals surface area contributed by atoms with Crippen LogP contribution in [0.5, 0.6) is 0 Å². The van der Waals surface area contributed by atoms with Crippen molar-refractivity contribution in [2.75, 3.05) is 6.54 Å². The molecule has 0 heterocycles. The lowest BCUT2D eigenvalue weighted by Crippen LogP contribution is -2.42. The van der Waals surface area contributed by atoms with Gasteiger partial charge in [0.25, 0.3) is 0 Å². The first-order chi connectivity index (χ1) is 6.54. The molecule has 0 atom stereocenters. The molecule has 90 valence electrons. The molecule has 0 aliphatic carbocycles. The highest BCUT2D eigenvalue weighted by molar-refractivity contribution is 5.76. The van der Waals surface area contributed by atoms with Gasteiger partial charge in [0, 0.05) is 12.6 Å². The molecule has 0 saturated carbocycles. The monoisotopic (exact) mass is 215 g/mol. The molecule has 0 fully saturated rings. The Labute approximate surface area is 93.6 Å². The Bertz CT molecular complexity index is 214. The number of carbonyl (C=O) groups is 1. The van der Waals surface area contributed by atoms with Crippen molar-refractivity contribution >= 4 is 5.97 Å². The minimum Gasteiger partial charge on any atom is -0.460 e.